The number of nitrogens with two attached hydrogens (primary N) is 1. The van der Waals surface area contributed by atoms with Gasteiger partial charge >= 0.3 is 0 Å². The lowest BCUT2D eigenvalue weighted by atomic mass is 10.2. The fraction of sp³-hybridized carbons (Fsp3) is 0.250. The molecule has 1 atom stereocenters. The minimum atomic E-state index is -1.67. The van der Waals surface area contributed by atoms with Gasteiger partial charge in [0, 0.05) is 6.07 Å². The van der Waals surface area contributed by atoms with Gasteiger partial charge in [0.15, 0.2) is 27.6 Å². The maximum Gasteiger partial charge on any atom is 0.238 e. The van der Waals surface area contributed by atoms with Crippen molar-refractivity contribution in [1.29, 1.82) is 0 Å². The maximum absolute atomic E-state index is 13.6. The van der Waals surface area contributed by atoms with Crippen LogP contribution in [-0.2, 0) is 4.79 Å². The van der Waals surface area contributed by atoms with Crippen LogP contribution in [0.15, 0.2) is 10.4 Å². The number of hydrogen-bond donors (Lipinski definition) is 2. The van der Waals surface area contributed by atoms with Crippen molar-refractivity contribution in [2.24, 2.45) is 0 Å². The van der Waals surface area contributed by atoms with Gasteiger partial charge in [-0.15, -0.1) is 10.2 Å². The summed E-state index contributed by atoms with van der Waals surface area (Å²) >= 11 is 2.01. The first kappa shape index (κ1) is 17.5. The molecular weight excluding hydrogens is 356 g/mol. The van der Waals surface area contributed by atoms with E-state index < -0.39 is 40.1 Å². The molecule has 2 rings (SSSR count). The Hall–Kier alpha value is -1.88. The van der Waals surface area contributed by atoms with E-state index in [4.69, 9.17) is 5.73 Å². The SMILES string of the molecule is CCC(Sc1nnc(N)s1)C(=O)Nc1c(F)c(F)cc(F)c1F. The molecule has 1 amide bonds. The number of nitrogen functional groups attached to an aromatic ring is 1. The number of carbonyl (C=O) groups is 1. The normalized spacial score (nSPS) is 12.2. The first-order chi connectivity index (χ1) is 10.8. The second kappa shape index (κ2) is 7.13. The third kappa shape index (κ3) is 3.91. The van der Waals surface area contributed by atoms with E-state index in [1.165, 1.54) is 0 Å². The molecule has 0 fully saturated rings. The number of aromatic nitrogens is 2. The van der Waals surface area contributed by atoms with Gasteiger partial charge in [0.25, 0.3) is 0 Å². The van der Waals surface area contributed by atoms with Crippen LogP contribution >= 0.6 is 23.1 Å². The molecule has 0 aliphatic carbocycles. The average Bonchev–Trinajstić information content (AvgIpc) is 2.92. The Morgan fingerprint density at radius 1 is 1.30 bits per heavy atom. The Kier molecular flexibility index (Phi) is 5.42. The van der Waals surface area contributed by atoms with E-state index in [2.05, 4.69) is 10.2 Å². The highest BCUT2D eigenvalue weighted by atomic mass is 32.2. The average molecular weight is 366 g/mol. The Bertz CT molecular complexity index is 714. The number of nitrogens with zero attached hydrogens (tertiary/aromatic N) is 2. The Morgan fingerprint density at radius 2 is 1.91 bits per heavy atom. The molecule has 0 saturated carbocycles. The van der Waals surface area contributed by atoms with Gasteiger partial charge in [-0.1, -0.05) is 30.0 Å². The largest absolute Gasteiger partial charge is 0.374 e. The van der Waals surface area contributed by atoms with Gasteiger partial charge in [0.2, 0.25) is 11.0 Å². The van der Waals surface area contributed by atoms with Crippen LogP contribution in [0.1, 0.15) is 13.3 Å². The van der Waals surface area contributed by atoms with Gasteiger partial charge in [0.05, 0.1) is 5.25 Å². The van der Waals surface area contributed by atoms with E-state index >= 15 is 0 Å². The van der Waals surface area contributed by atoms with Crippen LogP contribution in [0.25, 0.3) is 0 Å². The molecule has 124 valence electrons. The van der Waals surface area contributed by atoms with E-state index in [0.717, 1.165) is 23.1 Å². The van der Waals surface area contributed by atoms with E-state index in [-0.39, 0.29) is 17.6 Å². The summed E-state index contributed by atoms with van der Waals surface area (Å²) in [5.74, 6) is -7.36. The molecular formula is C12H10F4N4OS2. The highest BCUT2D eigenvalue weighted by molar-refractivity contribution is 8.02. The summed E-state index contributed by atoms with van der Waals surface area (Å²) in [5.41, 5.74) is 4.25. The molecule has 0 aliphatic heterocycles. The van der Waals surface area contributed by atoms with Gasteiger partial charge < -0.3 is 11.1 Å². The Labute approximate surface area is 136 Å². The van der Waals surface area contributed by atoms with Gasteiger partial charge in [-0.2, -0.15) is 0 Å². The zero-order valence-corrected chi connectivity index (χ0v) is 13.2. The number of nitrogens with one attached hydrogen (secondary N) is 1. The summed E-state index contributed by atoms with van der Waals surface area (Å²) in [5, 5.41) is 8.56. The summed E-state index contributed by atoms with van der Waals surface area (Å²) in [4.78, 5) is 12.1. The molecule has 0 saturated heterocycles. The van der Waals surface area contributed by atoms with Crippen LogP contribution in [0.4, 0.5) is 28.4 Å². The number of anilines is 2. The number of carbonyl (C=O) groups excluding carboxylic acids is 1. The van der Waals surface area contributed by atoms with Crippen molar-refractivity contribution < 1.29 is 22.4 Å². The van der Waals surface area contributed by atoms with E-state index in [9.17, 15) is 22.4 Å². The molecule has 0 bridgehead atoms. The molecule has 0 aliphatic rings. The summed E-state index contributed by atoms with van der Waals surface area (Å²) in [6.07, 6.45) is 0.275. The second-order valence-corrected chi connectivity index (χ2v) is 6.71. The molecule has 1 aromatic carbocycles. The van der Waals surface area contributed by atoms with Crippen LogP contribution in [0, 0.1) is 23.3 Å². The van der Waals surface area contributed by atoms with Crippen LogP contribution in [0.5, 0.6) is 0 Å². The molecule has 2 aromatic rings. The number of rotatable bonds is 5. The minimum absolute atomic E-state index is 0.0659. The van der Waals surface area contributed by atoms with Crippen molar-refractivity contribution >= 4 is 39.8 Å². The third-order valence-electron chi connectivity index (χ3n) is 2.69. The fourth-order valence-corrected chi connectivity index (χ4v) is 3.40. The Morgan fingerprint density at radius 3 is 2.39 bits per heavy atom. The zero-order chi connectivity index (χ0) is 17.1. The first-order valence-electron chi connectivity index (χ1n) is 6.23. The zero-order valence-electron chi connectivity index (χ0n) is 11.6. The minimum Gasteiger partial charge on any atom is -0.374 e. The number of benzene rings is 1. The molecule has 1 aromatic heterocycles. The van der Waals surface area contributed by atoms with Crippen molar-refractivity contribution in [3.8, 4) is 0 Å². The molecule has 23 heavy (non-hydrogen) atoms. The number of amides is 1. The smallest absolute Gasteiger partial charge is 0.238 e. The molecule has 0 radical (unpaired) electrons. The van der Waals surface area contributed by atoms with Crippen molar-refractivity contribution in [2.45, 2.75) is 22.9 Å². The van der Waals surface area contributed by atoms with E-state index in [1.54, 1.807) is 6.92 Å². The summed E-state index contributed by atoms with van der Waals surface area (Å²) in [6, 6.07) is 0.0659. The molecule has 0 spiro atoms. The predicted molar refractivity (Wildman–Crippen MR) is 79.2 cm³/mol. The Balaban J connectivity index is 2.20. The molecule has 1 heterocycles. The fourth-order valence-electron chi connectivity index (χ4n) is 1.60. The quantitative estimate of drug-likeness (QED) is 0.483. The molecule has 1 unspecified atom stereocenters. The summed E-state index contributed by atoms with van der Waals surface area (Å²) < 4.78 is 53.8. The predicted octanol–water partition coefficient (Wildman–Crippen LogP) is 3.19. The van der Waals surface area contributed by atoms with Gasteiger partial charge in [-0.3, -0.25) is 4.79 Å². The van der Waals surface area contributed by atoms with Crippen LogP contribution in [-0.4, -0.2) is 21.4 Å². The van der Waals surface area contributed by atoms with Crippen molar-refractivity contribution in [3.05, 3.63) is 29.3 Å². The number of halogens is 4. The highest BCUT2D eigenvalue weighted by Gasteiger charge is 2.25. The second-order valence-electron chi connectivity index (χ2n) is 4.25. The maximum atomic E-state index is 13.6. The van der Waals surface area contributed by atoms with Gasteiger partial charge in [-0.25, -0.2) is 17.6 Å². The first-order valence-corrected chi connectivity index (χ1v) is 7.92. The third-order valence-corrected chi connectivity index (χ3v) is 4.89. The monoisotopic (exact) mass is 366 g/mol. The summed E-state index contributed by atoms with van der Waals surface area (Å²) in [7, 11) is 0. The summed E-state index contributed by atoms with van der Waals surface area (Å²) in [6.45, 7) is 1.65. The highest BCUT2D eigenvalue weighted by Crippen LogP contribution is 2.31. The van der Waals surface area contributed by atoms with E-state index in [0.29, 0.717) is 4.34 Å². The molecule has 3 N–H and O–H groups in total. The van der Waals surface area contributed by atoms with Crippen molar-refractivity contribution in [3.63, 3.8) is 0 Å². The lowest BCUT2D eigenvalue weighted by Crippen LogP contribution is -2.26. The van der Waals surface area contributed by atoms with Crippen LogP contribution < -0.4 is 11.1 Å². The molecule has 11 heteroatoms. The van der Waals surface area contributed by atoms with Gasteiger partial charge in [0.1, 0.15) is 5.69 Å². The molecule has 5 nitrogen and oxygen atoms in total. The lowest BCUT2D eigenvalue weighted by Gasteiger charge is -2.14. The van der Waals surface area contributed by atoms with Crippen molar-refractivity contribution in [1.82, 2.24) is 10.2 Å². The number of thioether (sulfide) groups is 1. The van der Waals surface area contributed by atoms with Gasteiger partial charge in [-0.05, 0) is 6.42 Å². The number of hydrogen-bond acceptors (Lipinski definition) is 6. The topological polar surface area (TPSA) is 80.9 Å². The van der Waals surface area contributed by atoms with Crippen LogP contribution in [0.2, 0.25) is 0 Å². The van der Waals surface area contributed by atoms with E-state index in [1.807, 2.05) is 5.32 Å². The lowest BCUT2D eigenvalue weighted by molar-refractivity contribution is -0.115. The standard InChI is InChI=1S/C12H10F4N4OS2/c1-2-6(22-12-20-19-11(17)23-12)10(21)18-9-7(15)4(13)3-5(14)8(9)16/h3,6H,2H2,1H3,(H2,17,19)(H,18,21). The van der Waals surface area contributed by atoms with Crippen molar-refractivity contribution in [2.75, 3.05) is 11.1 Å². The van der Waals surface area contributed by atoms with Crippen LogP contribution in [0.3, 0.4) is 0 Å².